The van der Waals surface area contributed by atoms with Crippen molar-refractivity contribution in [3.63, 3.8) is 0 Å². The Morgan fingerprint density at radius 2 is 1.52 bits per heavy atom. The van der Waals surface area contributed by atoms with Crippen molar-refractivity contribution in [3.05, 3.63) is 107 Å². The Kier molecular flexibility index (Phi) is 6.63. The van der Waals surface area contributed by atoms with E-state index in [0.717, 1.165) is 16.7 Å². The molecule has 2 aliphatic heterocycles. The molecule has 3 N–H and O–H groups in total. The van der Waals surface area contributed by atoms with Gasteiger partial charge in [0, 0.05) is 36.3 Å². The summed E-state index contributed by atoms with van der Waals surface area (Å²) in [5.74, 6) is -0.388. The maximum absolute atomic E-state index is 13.7. The molecule has 2 saturated heterocycles. The molecule has 0 radical (unpaired) electrons. The molecule has 0 saturated carbocycles. The van der Waals surface area contributed by atoms with Crippen LogP contribution in [0.2, 0.25) is 0 Å². The van der Waals surface area contributed by atoms with Crippen molar-refractivity contribution in [2.24, 2.45) is 5.73 Å². The molecule has 5 rings (SSSR count). The van der Waals surface area contributed by atoms with Gasteiger partial charge in [-0.2, -0.15) is 0 Å². The fourth-order valence-electron chi connectivity index (χ4n) is 4.80. The van der Waals surface area contributed by atoms with E-state index < -0.39 is 17.8 Å². The maximum atomic E-state index is 13.7. The molecular formula is C26H26ClN3O3. The summed E-state index contributed by atoms with van der Waals surface area (Å²) in [4.78, 5) is 28.8. The molecule has 6 nitrogen and oxygen atoms in total. The number of halogens is 1. The quantitative estimate of drug-likeness (QED) is 0.447. The highest BCUT2D eigenvalue weighted by molar-refractivity contribution is 6.01. The number of rotatable bonds is 5. The Morgan fingerprint density at radius 3 is 2.06 bits per heavy atom. The Morgan fingerprint density at radius 1 is 0.939 bits per heavy atom. The predicted molar refractivity (Wildman–Crippen MR) is 128 cm³/mol. The number of esters is 1. The zero-order chi connectivity index (χ0) is 22.1. The number of carbonyl (C=O) groups is 2. The van der Waals surface area contributed by atoms with E-state index in [2.05, 4.69) is 5.32 Å². The third kappa shape index (κ3) is 3.85. The SMILES string of the molecule is Cl.NCc1ccc(C(=O)C2CNCC3C(=O)OC(c4ccccc4)(c4ccccc4)N32)cc1. The number of nitrogens with one attached hydrogen (secondary N) is 1. The molecule has 3 aromatic rings. The molecule has 0 spiro atoms. The molecule has 0 amide bonds. The summed E-state index contributed by atoms with van der Waals surface area (Å²) in [6, 6.07) is 25.5. The highest BCUT2D eigenvalue weighted by Gasteiger charge is 2.60. The fraction of sp³-hybridized carbons (Fsp3) is 0.231. The van der Waals surface area contributed by atoms with E-state index in [-0.39, 0.29) is 24.2 Å². The van der Waals surface area contributed by atoms with Crippen LogP contribution in [-0.4, -0.2) is 41.8 Å². The first-order valence-electron chi connectivity index (χ1n) is 10.8. The molecule has 2 aliphatic rings. The average Bonchev–Trinajstić information content (AvgIpc) is 3.18. The predicted octanol–water partition coefficient (Wildman–Crippen LogP) is 2.85. The first-order valence-corrected chi connectivity index (χ1v) is 10.8. The lowest BCUT2D eigenvalue weighted by Crippen LogP contribution is -2.64. The van der Waals surface area contributed by atoms with E-state index in [1.165, 1.54) is 0 Å². The van der Waals surface area contributed by atoms with Crippen LogP contribution in [0, 0.1) is 0 Å². The third-order valence-electron chi connectivity index (χ3n) is 6.34. The van der Waals surface area contributed by atoms with E-state index >= 15 is 0 Å². The van der Waals surface area contributed by atoms with Crippen molar-refractivity contribution in [1.82, 2.24) is 10.2 Å². The highest BCUT2D eigenvalue weighted by Crippen LogP contribution is 2.46. The lowest BCUT2D eigenvalue weighted by atomic mass is 9.88. The summed E-state index contributed by atoms with van der Waals surface area (Å²) in [6.07, 6.45) is 0. The minimum atomic E-state index is -1.18. The summed E-state index contributed by atoms with van der Waals surface area (Å²) < 4.78 is 6.20. The van der Waals surface area contributed by atoms with Crippen LogP contribution in [0.3, 0.4) is 0 Å². The molecular weight excluding hydrogens is 438 g/mol. The number of benzene rings is 3. The van der Waals surface area contributed by atoms with Crippen LogP contribution in [0.5, 0.6) is 0 Å². The number of nitrogens with two attached hydrogens (primary N) is 1. The van der Waals surface area contributed by atoms with E-state index in [9.17, 15) is 9.59 Å². The van der Waals surface area contributed by atoms with Crippen LogP contribution in [-0.2, 0) is 21.8 Å². The standard InChI is InChI=1S/C26H25N3O3.ClH/c27-15-18-11-13-19(14-12-18)24(30)22-16-28-17-23-25(31)32-26(29(22)23,20-7-3-1-4-8-20)21-9-5-2-6-10-21;/h1-14,22-23,28H,15-17,27H2;1H. The minimum absolute atomic E-state index is 0. The Bertz CT molecular complexity index is 1080. The number of fused-ring (bicyclic) bond motifs is 1. The smallest absolute Gasteiger partial charge is 0.327 e. The van der Waals surface area contributed by atoms with E-state index in [4.69, 9.17) is 10.5 Å². The molecule has 0 aliphatic carbocycles. The molecule has 2 fully saturated rings. The van der Waals surface area contributed by atoms with Gasteiger partial charge in [0.2, 0.25) is 5.72 Å². The largest absolute Gasteiger partial charge is 0.434 e. The monoisotopic (exact) mass is 463 g/mol. The zero-order valence-electron chi connectivity index (χ0n) is 18.0. The van der Waals surface area contributed by atoms with Crippen molar-refractivity contribution in [3.8, 4) is 0 Å². The number of carbonyl (C=O) groups excluding carboxylic acids is 2. The molecule has 2 atom stereocenters. The van der Waals surface area contributed by atoms with Crippen molar-refractivity contribution in [2.45, 2.75) is 24.4 Å². The molecule has 7 heteroatoms. The molecule has 33 heavy (non-hydrogen) atoms. The topological polar surface area (TPSA) is 84.7 Å². The van der Waals surface area contributed by atoms with Gasteiger partial charge in [0.05, 0.1) is 6.04 Å². The molecule has 2 unspecified atom stereocenters. The highest BCUT2D eigenvalue weighted by atomic mass is 35.5. The molecule has 0 bridgehead atoms. The third-order valence-corrected chi connectivity index (χ3v) is 6.34. The normalized spacial score (nSPS) is 21.5. The number of hydrogen-bond donors (Lipinski definition) is 2. The van der Waals surface area contributed by atoms with Crippen LogP contribution in [0.15, 0.2) is 84.9 Å². The van der Waals surface area contributed by atoms with E-state index in [0.29, 0.717) is 25.2 Å². The number of piperazine rings is 1. The van der Waals surface area contributed by atoms with Gasteiger partial charge in [0.1, 0.15) is 6.04 Å². The summed E-state index contributed by atoms with van der Waals surface area (Å²) >= 11 is 0. The molecule has 3 aromatic carbocycles. The summed E-state index contributed by atoms with van der Waals surface area (Å²) in [5.41, 5.74) is 7.72. The van der Waals surface area contributed by atoms with Gasteiger partial charge >= 0.3 is 5.97 Å². The Labute approximate surface area is 199 Å². The number of nitrogens with zero attached hydrogens (tertiary/aromatic N) is 1. The van der Waals surface area contributed by atoms with Crippen molar-refractivity contribution in [2.75, 3.05) is 13.1 Å². The average molecular weight is 464 g/mol. The maximum Gasteiger partial charge on any atom is 0.327 e. The van der Waals surface area contributed by atoms with E-state index in [1.807, 2.05) is 77.7 Å². The Hall–Kier alpha value is -3.03. The fourth-order valence-corrected chi connectivity index (χ4v) is 4.80. The van der Waals surface area contributed by atoms with Crippen LogP contribution in [0.25, 0.3) is 0 Å². The van der Waals surface area contributed by atoms with Gasteiger partial charge in [-0.25, -0.2) is 4.90 Å². The second kappa shape index (κ2) is 9.45. The Balaban J connectivity index is 0.00000259. The molecule has 0 aromatic heterocycles. The summed E-state index contributed by atoms with van der Waals surface area (Å²) in [7, 11) is 0. The zero-order valence-corrected chi connectivity index (χ0v) is 18.8. The van der Waals surface area contributed by atoms with Gasteiger partial charge in [0.25, 0.3) is 0 Å². The van der Waals surface area contributed by atoms with Gasteiger partial charge < -0.3 is 15.8 Å². The van der Waals surface area contributed by atoms with Gasteiger partial charge in [-0.1, -0.05) is 84.9 Å². The van der Waals surface area contributed by atoms with Gasteiger partial charge in [0.15, 0.2) is 5.78 Å². The summed E-state index contributed by atoms with van der Waals surface area (Å²) in [6.45, 7) is 1.27. The number of Topliss-reactive ketones (excluding diaryl/α,β-unsaturated/α-hetero) is 1. The van der Waals surface area contributed by atoms with Crippen molar-refractivity contribution < 1.29 is 14.3 Å². The second-order valence-electron chi connectivity index (χ2n) is 8.16. The molecule has 170 valence electrons. The lowest BCUT2D eigenvalue weighted by molar-refractivity contribution is -0.150. The van der Waals surface area contributed by atoms with Crippen molar-refractivity contribution >= 4 is 24.2 Å². The van der Waals surface area contributed by atoms with E-state index in [1.54, 1.807) is 12.1 Å². The van der Waals surface area contributed by atoms with Crippen LogP contribution in [0.4, 0.5) is 0 Å². The minimum Gasteiger partial charge on any atom is -0.434 e. The van der Waals surface area contributed by atoms with Gasteiger partial charge in [-0.15, -0.1) is 12.4 Å². The first-order chi connectivity index (χ1) is 15.6. The molecule has 2 heterocycles. The van der Waals surface area contributed by atoms with Crippen LogP contribution in [0.1, 0.15) is 27.0 Å². The number of hydrogen-bond acceptors (Lipinski definition) is 6. The van der Waals surface area contributed by atoms with Crippen LogP contribution >= 0.6 is 12.4 Å². The number of cyclic esters (lactones) is 1. The van der Waals surface area contributed by atoms with Gasteiger partial charge in [-0.05, 0) is 5.56 Å². The van der Waals surface area contributed by atoms with Crippen LogP contribution < -0.4 is 11.1 Å². The van der Waals surface area contributed by atoms with Crippen molar-refractivity contribution in [1.29, 1.82) is 0 Å². The number of ether oxygens (including phenoxy) is 1. The first kappa shape index (κ1) is 23.1. The van der Waals surface area contributed by atoms with Gasteiger partial charge in [-0.3, -0.25) is 9.59 Å². The lowest BCUT2D eigenvalue weighted by Gasteiger charge is -2.44. The number of ketones is 1. The summed E-state index contributed by atoms with van der Waals surface area (Å²) in [5, 5.41) is 3.27. The second-order valence-corrected chi connectivity index (χ2v) is 8.16.